The van der Waals surface area contributed by atoms with Crippen LogP contribution in [0.5, 0.6) is 5.75 Å². The molecule has 2 aromatic carbocycles. The molecule has 0 amide bonds. The zero-order valence-electron chi connectivity index (χ0n) is 20.0. The van der Waals surface area contributed by atoms with Crippen LogP contribution in [0, 0.1) is 6.92 Å². The van der Waals surface area contributed by atoms with Crippen molar-refractivity contribution in [1.29, 1.82) is 0 Å². The first-order chi connectivity index (χ1) is 17.0. The van der Waals surface area contributed by atoms with Crippen LogP contribution in [0.1, 0.15) is 18.3 Å². The summed E-state index contributed by atoms with van der Waals surface area (Å²) in [5, 5.41) is 0. The average molecular weight is 492 g/mol. The number of ether oxygens (including phenoxy) is 1. The summed E-state index contributed by atoms with van der Waals surface area (Å²) >= 11 is 0. The Morgan fingerprint density at radius 2 is 1.74 bits per heavy atom. The molecule has 4 aromatic rings. The fourth-order valence-electron chi connectivity index (χ4n) is 4.46. The normalized spacial score (nSPS) is 15.5. The van der Waals surface area contributed by atoms with Crippen LogP contribution in [0.25, 0.3) is 16.9 Å². The van der Waals surface area contributed by atoms with Crippen molar-refractivity contribution in [3.63, 3.8) is 0 Å². The number of sulfonamides is 1. The van der Waals surface area contributed by atoms with E-state index in [1.54, 1.807) is 34.8 Å². The van der Waals surface area contributed by atoms with E-state index < -0.39 is 10.0 Å². The van der Waals surface area contributed by atoms with Crippen LogP contribution in [0.3, 0.4) is 0 Å². The molecule has 0 N–H and O–H groups in total. The van der Waals surface area contributed by atoms with E-state index in [0.29, 0.717) is 50.0 Å². The summed E-state index contributed by atoms with van der Waals surface area (Å²) in [5.41, 5.74) is 3.86. The Balaban J connectivity index is 1.33. The first-order valence-corrected chi connectivity index (χ1v) is 13.2. The molecular weight excluding hydrogens is 462 g/mol. The standard InChI is InChI=1S/C26H29N5O3S/c1-3-34-22-9-11-23(12-10-22)35(32,33)30-16-14-29(15-17-30)19-25-28-24-8-5-13-27-26(24)31(25)21-7-4-6-20(2)18-21/h4-13,18H,3,14-17,19H2,1-2H3. The molecule has 182 valence electrons. The minimum Gasteiger partial charge on any atom is -0.494 e. The Morgan fingerprint density at radius 3 is 2.46 bits per heavy atom. The lowest BCUT2D eigenvalue weighted by Gasteiger charge is -2.33. The van der Waals surface area contributed by atoms with Crippen molar-refractivity contribution in [2.45, 2.75) is 25.3 Å². The number of hydrogen-bond donors (Lipinski definition) is 0. The molecule has 0 atom stereocenters. The van der Waals surface area contributed by atoms with Gasteiger partial charge in [0.15, 0.2) is 5.65 Å². The number of fused-ring (bicyclic) bond motifs is 1. The maximum atomic E-state index is 13.2. The Morgan fingerprint density at radius 1 is 0.971 bits per heavy atom. The van der Waals surface area contributed by atoms with Gasteiger partial charge in [0.1, 0.15) is 17.1 Å². The summed E-state index contributed by atoms with van der Waals surface area (Å²) in [4.78, 5) is 12.0. The highest BCUT2D eigenvalue weighted by atomic mass is 32.2. The van der Waals surface area contributed by atoms with E-state index in [0.717, 1.165) is 22.7 Å². The van der Waals surface area contributed by atoms with Crippen LogP contribution in [-0.4, -0.2) is 64.9 Å². The lowest BCUT2D eigenvalue weighted by atomic mass is 10.2. The largest absolute Gasteiger partial charge is 0.494 e. The van der Waals surface area contributed by atoms with Gasteiger partial charge in [0.25, 0.3) is 0 Å². The van der Waals surface area contributed by atoms with Crippen molar-refractivity contribution in [1.82, 2.24) is 23.7 Å². The Hall–Kier alpha value is -3.27. The summed E-state index contributed by atoms with van der Waals surface area (Å²) in [7, 11) is -3.55. The predicted molar refractivity (Wildman–Crippen MR) is 135 cm³/mol. The SMILES string of the molecule is CCOc1ccc(S(=O)(=O)N2CCN(Cc3nc4cccnc4n3-c3cccc(C)c3)CC2)cc1. The van der Waals surface area contributed by atoms with E-state index in [1.165, 1.54) is 5.56 Å². The first kappa shape index (κ1) is 23.5. The Labute approximate surface area is 205 Å². The molecule has 1 saturated heterocycles. The smallest absolute Gasteiger partial charge is 0.243 e. The number of nitrogens with zero attached hydrogens (tertiary/aromatic N) is 5. The molecular formula is C26H29N5O3S. The van der Waals surface area contributed by atoms with Gasteiger partial charge in [-0.2, -0.15) is 4.31 Å². The quantitative estimate of drug-likeness (QED) is 0.393. The van der Waals surface area contributed by atoms with Crippen LogP contribution < -0.4 is 4.74 Å². The number of piperazine rings is 1. The van der Waals surface area contributed by atoms with E-state index in [2.05, 4.69) is 39.6 Å². The molecule has 9 heteroatoms. The van der Waals surface area contributed by atoms with Gasteiger partial charge in [0, 0.05) is 38.1 Å². The zero-order chi connectivity index (χ0) is 24.4. The summed E-state index contributed by atoms with van der Waals surface area (Å²) < 4.78 is 35.4. The first-order valence-electron chi connectivity index (χ1n) is 11.8. The minimum absolute atomic E-state index is 0.293. The van der Waals surface area contributed by atoms with E-state index in [4.69, 9.17) is 9.72 Å². The molecule has 0 bridgehead atoms. The van der Waals surface area contributed by atoms with Gasteiger partial charge in [-0.1, -0.05) is 12.1 Å². The van der Waals surface area contributed by atoms with Gasteiger partial charge in [-0.25, -0.2) is 18.4 Å². The van der Waals surface area contributed by atoms with Crippen LogP contribution in [0.15, 0.2) is 71.8 Å². The van der Waals surface area contributed by atoms with Gasteiger partial charge in [-0.3, -0.25) is 9.47 Å². The molecule has 5 rings (SSSR count). The summed E-state index contributed by atoms with van der Waals surface area (Å²) in [6.45, 7) is 7.23. The van der Waals surface area contributed by atoms with Crippen LogP contribution >= 0.6 is 0 Å². The van der Waals surface area contributed by atoms with Gasteiger partial charge < -0.3 is 4.74 Å². The number of aromatic nitrogens is 3. The summed E-state index contributed by atoms with van der Waals surface area (Å²) in [6, 6.07) is 18.8. The fourth-order valence-corrected chi connectivity index (χ4v) is 5.88. The number of aryl methyl sites for hydroxylation is 1. The van der Waals surface area contributed by atoms with Crippen molar-refractivity contribution in [3.05, 3.63) is 78.2 Å². The second kappa shape index (κ2) is 9.77. The number of benzene rings is 2. The minimum atomic E-state index is -3.55. The molecule has 0 radical (unpaired) electrons. The van der Waals surface area contributed by atoms with Crippen molar-refractivity contribution in [2.24, 2.45) is 0 Å². The molecule has 8 nitrogen and oxygen atoms in total. The third-order valence-corrected chi connectivity index (χ3v) is 8.13. The zero-order valence-corrected chi connectivity index (χ0v) is 20.8. The number of imidazole rings is 1. The average Bonchev–Trinajstić information content (AvgIpc) is 3.23. The fraction of sp³-hybridized carbons (Fsp3) is 0.308. The van der Waals surface area contributed by atoms with Crippen LogP contribution in [0.4, 0.5) is 0 Å². The number of pyridine rings is 1. The lowest BCUT2D eigenvalue weighted by molar-refractivity contribution is 0.177. The summed E-state index contributed by atoms with van der Waals surface area (Å²) in [6.07, 6.45) is 1.78. The van der Waals surface area contributed by atoms with Crippen molar-refractivity contribution in [3.8, 4) is 11.4 Å². The molecule has 1 aliphatic rings. The Kier molecular flexibility index (Phi) is 6.55. The van der Waals surface area contributed by atoms with E-state index in [9.17, 15) is 8.42 Å². The maximum Gasteiger partial charge on any atom is 0.243 e. The molecule has 0 aliphatic carbocycles. The predicted octanol–water partition coefficient (Wildman–Crippen LogP) is 3.63. The highest BCUT2D eigenvalue weighted by Gasteiger charge is 2.29. The van der Waals surface area contributed by atoms with E-state index >= 15 is 0 Å². The summed E-state index contributed by atoms with van der Waals surface area (Å²) in [5.74, 6) is 1.56. The topological polar surface area (TPSA) is 80.6 Å². The number of hydrogen-bond acceptors (Lipinski definition) is 6. The maximum absolute atomic E-state index is 13.2. The molecule has 0 saturated carbocycles. The molecule has 3 heterocycles. The molecule has 2 aromatic heterocycles. The molecule has 0 spiro atoms. The third-order valence-electron chi connectivity index (χ3n) is 6.21. The van der Waals surface area contributed by atoms with Crippen molar-refractivity contribution < 1.29 is 13.2 Å². The molecule has 1 aliphatic heterocycles. The Bertz CT molecular complexity index is 1430. The second-order valence-corrected chi connectivity index (χ2v) is 10.6. The van der Waals surface area contributed by atoms with Gasteiger partial charge in [0.2, 0.25) is 10.0 Å². The van der Waals surface area contributed by atoms with Gasteiger partial charge in [-0.05, 0) is 67.9 Å². The number of rotatable bonds is 7. The molecule has 0 unspecified atom stereocenters. The second-order valence-electron chi connectivity index (χ2n) is 8.63. The molecule has 35 heavy (non-hydrogen) atoms. The van der Waals surface area contributed by atoms with Crippen molar-refractivity contribution in [2.75, 3.05) is 32.8 Å². The van der Waals surface area contributed by atoms with E-state index in [1.807, 2.05) is 25.1 Å². The lowest BCUT2D eigenvalue weighted by Crippen LogP contribution is -2.48. The van der Waals surface area contributed by atoms with Gasteiger partial charge >= 0.3 is 0 Å². The van der Waals surface area contributed by atoms with Gasteiger partial charge in [0.05, 0.1) is 18.0 Å². The highest BCUT2D eigenvalue weighted by molar-refractivity contribution is 7.89. The van der Waals surface area contributed by atoms with Crippen LogP contribution in [0.2, 0.25) is 0 Å². The van der Waals surface area contributed by atoms with E-state index in [-0.39, 0.29) is 0 Å². The van der Waals surface area contributed by atoms with Gasteiger partial charge in [-0.15, -0.1) is 0 Å². The van der Waals surface area contributed by atoms with Crippen LogP contribution in [-0.2, 0) is 16.6 Å². The molecule has 1 fully saturated rings. The van der Waals surface area contributed by atoms with Crippen molar-refractivity contribution >= 4 is 21.2 Å². The highest BCUT2D eigenvalue weighted by Crippen LogP contribution is 2.24. The monoisotopic (exact) mass is 491 g/mol. The third kappa shape index (κ3) is 4.80.